The highest BCUT2D eigenvalue weighted by atomic mass is 32.2. The molecule has 0 unspecified atom stereocenters. The van der Waals surface area contributed by atoms with Gasteiger partial charge in [-0.2, -0.15) is 0 Å². The van der Waals surface area contributed by atoms with Crippen molar-refractivity contribution in [2.75, 3.05) is 11.8 Å². The highest BCUT2D eigenvalue weighted by Gasteiger charge is 2.20. The molecular formula is C23H18FN5O5S. The molecule has 1 N–H and O–H groups in total. The molecule has 0 fully saturated rings. The molecule has 5 aromatic rings. The average molecular weight is 495 g/mol. The van der Waals surface area contributed by atoms with Crippen LogP contribution in [0.15, 0.2) is 81.5 Å². The van der Waals surface area contributed by atoms with Crippen LogP contribution in [0.5, 0.6) is 5.75 Å². The van der Waals surface area contributed by atoms with Crippen molar-refractivity contribution in [3.05, 3.63) is 83.5 Å². The molecule has 3 heterocycles. The number of fused-ring (bicyclic) bond motifs is 1. The van der Waals surface area contributed by atoms with Gasteiger partial charge < -0.3 is 13.8 Å². The zero-order valence-electron chi connectivity index (χ0n) is 18.5. The number of methoxy groups -OCH3 is 1. The second-order valence-electron chi connectivity index (χ2n) is 7.65. The van der Waals surface area contributed by atoms with Crippen LogP contribution < -0.4 is 15.0 Å². The van der Waals surface area contributed by atoms with Crippen LogP contribution in [0.2, 0.25) is 0 Å². The fourth-order valence-electron chi connectivity index (χ4n) is 3.73. The Morgan fingerprint density at radius 2 is 1.94 bits per heavy atom. The van der Waals surface area contributed by atoms with Gasteiger partial charge in [-0.05, 0) is 30.3 Å². The molecule has 0 aliphatic rings. The first-order valence-corrected chi connectivity index (χ1v) is 11.7. The Balaban J connectivity index is 1.65. The summed E-state index contributed by atoms with van der Waals surface area (Å²) in [6, 6.07) is 11.0. The molecule has 0 aliphatic carbocycles. The van der Waals surface area contributed by atoms with Crippen molar-refractivity contribution in [1.82, 2.24) is 19.3 Å². The molecule has 0 saturated heterocycles. The number of sulfonamides is 1. The molecule has 0 spiro atoms. The van der Waals surface area contributed by atoms with E-state index in [4.69, 9.17) is 4.74 Å². The van der Waals surface area contributed by atoms with Gasteiger partial charge in [-0.1, -0.05) is 5.16 Å². The summed E-state index contributed by atoms with van der Waals surface area (Å²) < 4.78 is 56.0. The van der Waals surface area contributed by atoms with Crippen molar-refractivity contribution in [2.24, 2.45) is 7.05 Å². The van der Waals surface area contributed by atoms with Crippen LogP contribution in [0, 0.1) is 5.82 Å². The number of nitrogens with zero attached hydrogens (tertiary/aromatic N) is 4. The number of ether oxygens (including phenoxy) is 1. The van der Waals surface area contributed by atoms with Gasteiger partial charge in [-0.15, -0.1) is 0 Å². The lowest BCUT2D eigenvalue weighted by Crippen LogP contribution is -2.19. The molecule has 10 nitrogen and oxygen atoms in total. The maximum Gasteiger partial charge on any atom is 0.263 e. The molecule has 2 aromatic carbocycles. The molecule has 0 bridgehead atoms. The number of anilines is 1. The lowest BCUT2D eigenvalue weighted by molar-refractivity contribution is 0.412. The van der Waals surface area contributed by atoms with Crippen molar-refractivity contribution < 1.29 is 22.1 Å². The van der Waals surface area contributed by atoms with Crippen LogP contribution in [0.25, 0.3) is 27.8 Å². The van der Waals surface area contributed by atoms with Crippen LogP contribution in [0.3, 0.4) is 0 Å². The van der Waals surface area contributed by atoms with E-state index in [1.807, 2.05) is 0 Å². The van der Waals surface area contributed by atoms with Crippen molar-refractivity contribution in [3.8, 4) is 22.7 Å². The summed E-state index contributed by atoms with van der Waals surface area (Å²) in [4.78, 5) is 17.0. The van der Waals surface area contributed by atoms with Gasteiger partial charge in [-0.3, -0.25) is 14.1 Å². The molecule has 5 rings (SSSR count). The largest absolute Gasteiger partial charge is 0.495 e. The minimum Gasteiger partial charge on any atom is -0.495 e. The van der Waals surface area contributed by atoms with Gasteiger partial charge in [0.2, 0.25) is 0 Å². The number of hydrogen-bond donors (Lipinski definition) is 1. The maximum atomic E-state index is 15.2. The maximum absolute atomic E-state index is 15.2. The number of nitrogens with one attached hydrogen (secondary N) is 1. The van der Waals surface area contributed by atoms with Crippen molar-refractivity contribution in [3.63, 3.8) is 0 Å². The number of halogens is 1. The summed E-state index contributed by atoms with van der Waals surface area (Å²) in [6.45, 7) is 0. The minimum atomic E-state index is -3.97. The Labute approximate surface area is 198 Å². The zero-order chi connectivity index (χ0) is 24.7. The molecule has 0 radical (unpaired) electrons. The standard InChI is InChI=1S/C23H18FN5O5S/c1-28-12-18(25-13-28)16-10-21(33-2)20(11-17(16)24)29-19-5-4-15(9-14(19)3-6-23(29)30)35(31,32)27-22-7-8-34-26-22/h3-13H,1-2H3,(H,26,27). The fraction of sp³-hybridized carbons (Fsp3) is 0.0870. The zero-order valence-corrected chi connectivity index (χ0v) is 19.3. The van der Waals surface area contributed by atoms with Gasteiger partial charge >= 0.3 is 0 Å². The molecule has 0 aliphatic heterocycles. The van der Waals surface area contributed by atoms with Crippen LogP contribution in [0.1, 0.15) is 0 Å². The SMILES string of the molecule is COc1cc(-c2cn(C)cn2)c(F)cc1-n1c(=O)ccc2cc(S(=O)(=O)Nc3ccon3)ccc21. The summed E-state index contributed by atoms with van der Waals surface area (Å²) >= 11 is 0. The molecule has 3 aromatic heterocycles. The second-order valence-corrected chi connectivity index (χ2v) is 9.33. The number of benzene rings is 2. The third kappa shape index (κ3) is 4.04. The Morgan fingerprint density at radius 1 is 1.11 bits per heavy atom. The number of rotatable bonds is 6. The second kappa shape index (κ2) is 8.40. The van der Waals surface area contributed by atoms with E-state index < -0.39 is 21.4 Å². The third-order valence-corrected chi connectivity index (χ3v) is 6.70. The van der Waals surface area contributed by atoms with Gasteiger partial charge in [0.15, 0.2) is 5.82 Å². The van der Waals surface area contributed by atoms with Crippen molar-refractivity contribution >= 4 is 26.7 Å². The summed E-state index contributed by atoms with van der Waals surface area (Å²) in [6.07, 6.45) is 4.45. The van der Waals surface area contributed by atoms with E-state index in [-0.39, 0.29) is 27.7 Å². The first kappa shape index (κ1) is 22.3. The minimum absolute atomic E-state index is 0.0308. The lowest BCUT2D eigenvalue weighted by atomic mass is 10.1. The highest BCUT2D eigenvalue weighted by Crippen LogP contribution is 2.33. The molecule has 0 saturated carbocycles. The number of hydrogen-bond acceptors (Lipinski definition) is 7. The van der Waals surface area contributed by atoms with Crippen molar-refractivity contribution in [2.45, 2.75) is 4.90 Å². The van der Waals surface area contributed by atoms with E-state index in [0.29, 0.717) is 16.6 Å². The van der Waals surface area contributed by atoms with Gasteiger partial charge in [0.05, 0.1) is 35.2 Å². The molecule has 178 valence electrons. The van der Waals surface area contributed by atoms with E-state index in [1.54, 1.807) is 24.1 Å². The Kier molecular flexibility index (Phi) is 5.36. The van der Waals surface area contributed by atoms with Crippen LogP contribution in [-0.2, 0) is 17.1 Å². The Hall–Kier alpha value is -4.45. The monoisotopic (exact) mass is 495 g/mol. The highest BCUT2D eigenvalue weighted by molar-refractivity contribution is 7.92. The summed E-state index contributed by atoms with van der Waals surface area (Å²) in [5.41, 5.74) is 0.705. The fourth-order valence-corrected chi connectivity index (χ4v) is 4.76. The Bertz CT molecular complexity index is 1730. The van der Waals surface area contributed by atoms with E-state index in [2.05, 4.69) is 19.4 Å². The molecule has 35 heavy (non-hydrogen) atoms. The van der Waals surface area contributed by atoms with E-state index >= 15 is 4.39 Å². The van der Waals surface area contributed by atoms with Gasteiger partial charge in [0.1, 0.15) is 17.8 Å². The summed E-state index contributed by atoms with van der Waals surface area (Å²) in [5, 5.41) is 3.98. The van der Waals surface area contributed by atoms with Crippen LogP contribution >= 0.6 is 0 Å². The number of pyridine rings is 1. The topological polar surface area (TPSA) is 121 Å². The molecule has 12 heteroatoms. The van der Waals surface area contributed by atoms with E-state index in [9.17, 15) is 13.2 Å². The predicted molar refractivity (Wildman–Crippen MR) is 126 cm³/mol. The van der Waals surface area contributed by atoms with Gasteiger partial charge in [-0.25, -0.2) is 17.8 Å². The number of aromatic nitrogens is 4. The predicted octanol–water partition coefficient (Wildman–Crippen LogP) is 3.33. The molecule has 0 amide bonds. The normalized spacial score (nSPS) is 11.6. The average Bonchev–Trinajstić information content (AvgIpc) is 3.50. The molecular weight excluding hydrogens is 477 g/mol. The lowest BCUT2D eigenvalue weighted by Gasteiger charge is -2.16. The van der Waals surface area contributed by atoms with Crippen LogP contribution in [0.4, 0.5) is 10.2 Å². The number of imidazole rings is 1. The number of aryl methyl sites for hydroxylation is 1. The van der Waals surface area contributed by atoms with E-state index in [0.717, 1.165) is 0 Å². The van der Waals surface area contributed by atoms with Crippen molar-refractivity contribution in [1.29, 1.82) is 0 Å². The van der Waals surface area contributed by atoms with Gasteiger partial charge in [0, 0.05) is 42.4 Å². The van der Waals surface area contributed by atoms with Gasteiger partial charge in [0.25, 0.3) is 15.6 Å². The van der Waals surface area contributed by atoms with Crippen LogP contribution in [-0.4, -0.2) is 34.8 Å². The first-order valence-electron chi connectivity index (χ1n) is 10.2. The Morgan fingerprint density at radius 3 is 2.63 bits per heavy atom. The smallest absolute Gasteiger partial charge is 0.263 e. The van der Waals surface area contributed by atoms with E-state index in [1.165, 1.54) is 66.5 Å². The third-order valence-electron chi connectivity index (χ3n) is 5.34. The summed E-state index contributed by atoms with van der Waals surface area (Å²) in [7, 11) is -0.788. The first-order chi connectivity index (χ1) is 16.8. The molecule has 0 atom stereocenters. The quantitative estimate of drug-likeness (QED) is 0.384. The summed E-state index contributed by atoms with van der Waals surface area (Å²) in [5.74, 6) is -0.325.